The molecule has 0 aromatic heterocycles. The highest BCUT2D eigenvalue weighted by Crippen LogP contribution is 2.37. The Morgan fingerprint density at radius 3 is 2.56 bits per heavy atom. The van der Waals surface area contributed by atoms with Gasteiger partial charge in [-0.05, 0) is 56.4 Å². The lowest BCUT2D eigenvalue weighted by Gasteiger charge is -2.34. The van der Waals surface area contributed by atoms with E-state index < -0.39 is 0 Å². The van der Waals surface area contributed by atoms with Crippen LogP contribution in [0.5, 0.6) is 0 Å². The third kappa shape index (κ3) is 3.98. The molecule has 2 fully saturated rings. The monoisotopic (exact) mass is 252 g/mol. The fourth-order valence-electron chi connectivity index (χ4n) is 3.11. The summed E-state index contributed by atoms with van der Waals surface area (Å²) < 4.78 is 0. The van der Waals surface area contributed by atoms with Crippen LogP contribution in [0.1, 0.15) is 58.8 Å². The maximum absolute atomic E-state index is 12.0. The van der Waals surface area contributed by atoms with E-state index in [4.69, 9.17) is 0 Å². The second-order valence-electron chi connectivity index (χ2n) is 6.86. The van der Waals surface area contributed by atoms with Crippen molar-refractivity contribution in [2.75, 3.05) is 13.1 Å². The van der Waals surface area contributed by atoms with E-state index in [-0.39, 0.29) is 11.9 Å². The van der Waals surface area contributed by atoms with Gasteiger partial charge in [0.05, 0.1) is 6.04 Å². The number of rotatable bonds is 3. The first kappa shape index (κ1) is 13.9. The normalized spacial score (nSPS) is 28.9. The first-order valence-corrected chi connectivity index (χ1v) is 7.58. The molecule has 3 nitrogen and oxygen atoms in total. The minimum absolute atomic E-state index is 0.0683. The summed E-state index contributed by atoms with van der Waals surface area (Å²) in [7, 11) is 0. The SMILES string of the molecule is CC1(C)CCC(CNC(=O)[C@H]2CCCCN2)CC1. The minimum atomic E-state index is 0.0683. The fourth-order valence-corrected chi connectivity index (χ4v) is 3.11. The Balaban J connectivity index is 1.67. The van der Waals surface area contributed by atoms with E-state index in [0.717, 1.165) is 19.5 Å². The van der Waals surface area contributed by atoms with E-state index in [1.54, 1.807) is 0 Å². The van der Waals surface area contributed by atoms with Gasteiger partial charge in [-0.2, -0.15) is 0 Å². The molecule has 3 heteroatoms. The summed E-state index contributed by atoms with van der Waals surface area (Å²) in [4.78, 5) is 12.0. The van der Waals surface area contributed by atoms with Gasteiger partial charge in [0.25, 0.3) is 0 Å². The molecule has 0 unspecified atom stereocenters. The number of carbonyl (C=O) groups is 1. The Kier molecular flexibility index (Phi) is 4.66. The highest BCUT2D eigenvalue weighted by molar-refractivity contribution is 5.81. The predicted octanol–water partition coefficient (Wildman–Crippen LogP) is 2.46. The first-order chi connectivity index (χ1) is 8.57. The molecule has 1 aliphatic heterocycles. The average Bonchev–Trinajstić information content (AvgIpc) is 2.38. The molecule has 0 bridgehead atoms. The number of piperidine rings is 1. The van der Waals surface area contributed by atoms with Crippen molar-refractivity contribution >= 4 is 5.91 Å². The number of carbonyl (C=O) groups excluding carboxylic acids is 1. The number of hydrogen-bond donors (Lipinski definition) is 2. The smallest absolute Gasteiger partial charge is 0.237 e. The molecule has 104 valence electrons. The summed E-state index contributed by atoms with van der Waals surface area (Å²) in [5, 5.41) is 6.46. The van der Waals surface area contributed by atoms with E-state index in [2.05, 4.69) is 24.5 Å². The van der Waals surface area contributed by atoms with E-state index >= 15 is 0 Å². The number of amides is 1. The first-order valence-electron chi connectivity index (χ1n) is 7.58. The van der Waals surface area contributed by atoms with Crippen LogP contribution < -0.4 is 10.6 Å². The lowest BCUT2D eigenvalue weighted by atomic mass is 9.73. The van der Waals surface area contributed by atoms with Crippen molar-refractivity contribution in [3.8, 4) is 0 Å². The second-order valence-corrected chi connectivity index (χ2v) is 6.86. The topological polar surface area (TPSA) is 41.1 Å². The molecule has 0 radical (unpaired) electrons. The Labute approximate surface area is 111 Å². The highest BCUT2D eigenvalue weighted by atomic mass is 16.2. The average molecular weight is 252 g/mol. The van der Waals surface area contributed by atoms with Crippen LogP contribution in [0.25, 0.3) is 0 Å². The lowest BCUT2D eigenvalue weighted by molar-refractivity contribution is -0.123. The van der Waals surface area contributed by atoms with Crippen molar-refractivity contribution in [1.29, 1.82) is 0 Å². The highest BCUT2D eigenvalue weighted by Gasteiger charge is 2.27. The summed E-state index contributed by atoms with van der Waals surface area (Å²) in [6, 6.07) is 0.0683. The summed E-state index contributed by atoms with van der Waals surface area (Å²) in [6.45, 7) is 6.59. The summed E-state index contributed by atoms with van der Waals surface area (Å²) >= 11 is 0. The van der Waals surface area contributed by atoms with Gasteiger partial charge in [0.1, 0.15) is 0 Å². The van der Waals surface area contributed by atoms with Crippen LogP contribution in [0.3, 0.4) is 0 Å². The van der Waals surface area contributed by atoms with Crippen LogP contribution in [-0.2, 0) is 4.79 Å². The van der Waals surface area contributed by atoms with E-state index in [1.165, 1.54) is 38.5 Å². The fraction of sp³-hybridized carbons (Fsp3) is 0.933. The Morgan fingerprint density at radius 1 is 1.22 bits per heavy atom. The van der Waals surface area contributed by atoms with Crippen molar-refractivity contribution in [2.45, 2.75) is 64.8 Å². The molecule has 1 saturated heterocycles. The molecule has 0 spiro atoms. The second kappa shape index (κ2) is 6.05. The van der Waals surface area contributed by atoms with Crippen molar-refractivity contribution in [2.24, 2.45) is 11.3 Å². The number of hydrogen-bond acceptors (Lipinski definition) is 2. The van der Waals surface area contributed by atoms with E-state index in [1.807, 2.05) is 0 Å². The van der Waals surface area contributed by atoms with Gasteiger partial charge in [0.15, 0.2) is 0 Å². The summed E-state index contributed by atoms with van der Waals surface area (Å²) in [6.07, 6.45) is 8.54. The van der Waals surface area contributed by atoms with Crippen LogP contribution in [0, 0.1) is 11.3 Å². The lowest BCUT2D eigenvalue weighted by Crippen LogP contribution is -2.47. The zero-order valence-corrected chi connectivity index (χ0v) is 11.9. The van der Waals surface area contributed by atoms with Gasteiger partial charge >= 0.3 is 0 Å². The molecular weight excluding hydrogens is 224 g/mol. The maximum atomic E-state index is 12.0. The van der Waals surface area contributed by atoms with Crippen molar-refractivity contribution in [1.82, 2.24) is 10.6 Å². The van der Waals surface area contributed by atoms with Gasteiger partial charge in [-0.1, -0.05) is 20.3 Å². The molecule has 1 saturated carbocycles. The van der Waals surface area contributed by atoms with Crippen LogP contribution >= 0.6 is 0 Å². The molecule has 0 aromatic carbocycles. The zero-order valence-electron chi connectivity index (χ0n) is 11.9. The van der Waals surface area contributed by atoms with Crippen LogP contribution in [0.2, 0.25) is 0 Å². The molecule has 1 atom stereocenters. The summed E-state index contributed by atoms with van der Waals surface area (Å²) in [5.41, 5.74) is 0.519. The molecule has 1 heterocycles. The minimum Gasteiger partial charge on any atom is -0.354 e. The molecular formula is C15H28N2O. The van der Waals surface area contributed by atoms with Crippen molar-refractivity contribution < 1.29 is 4.79 Å². The van der Waals surface area contributed by atoms with Crippen molar-refractivity contribution in [3.63, 3.8) is 0 Å². The predicted molar refractivity (Wildman–Crippen MR) is 74.4 cm³/mol. The standard InChI is InChI=1S/C15H28N2O/c1-15(2)8-6-12(7-9-15)11-17-14(18)13-5-3-4-10-16-13/h12-13,16H,3-11H2,1-2H3,(H,17,18)/t13-/m1/s1. The molecule has 1 aliphatic carbocycles. The van der Waals surface area contributed by atoms with E-state index in [0.29, 0.717) is 11.3 Å². The van der Waals surface area contributed by atoms with E-state index in [9.17, 15) is 4.79 Å². The third-order valence-corrected chi connectivity index (χ3v) is 4.65. The van der Waals surface area contributed by atoms with Crippen molar-refractivity contribution in [3.05, 3.63) is 0 Å². The molecule has 2 N–H and O–H groups in total. The van der Waals surface area contributed by atoms with Crippen LogP contribution in [-0.4, -0.2) is 25.0 Å². The Morgan fingerprint density at radius 2 is 1.94 bits per heavy atom. The van der Waals surface area contributed by atoms with Gasteiger partial charge in [-0.25, -0.2) is 0 Å². The van der Waals surface area contributed by atoms with Gasteiger partial charge in [-0.15, -0.1) is 0 Å². The van der Waals surface area contributed by atoms with Gasteiger partial charge < -0.3 is 10.6 Å². The van der Waals surface area contributed by atoms with Crippen LogP contribution in [0.4, 0.5) is 0 Å². The van der Waals surface area contributed by atoms with Gasteiger partial charge in [0, 0.05) is 6.54 Å². The molecule has 1 amide bonds. The molecule has 18 heavy (non-hydrogen) atoms. The van der Waals surface area contributed by atoms with Gasteiger partial charge in [-0.3, -0.25) is 4.79 Å². The maximum Gasteiger partial charge on any atom is 0.237 e. The molecule has 0 aromatic rings. The van der Waals surface area contributed by atoms with Gasteiger partial charge in [0.2, 0.25) is 5.91 Å². The third-order valence-electron chi connectivity index (χ3n) is 4.65. The molecule has 2 aliphatic rings. The largest absolute Gasteiger partial charge is 0.354 e. The Bertz CT molecular complexity index is 272. The quantitative estimate of drug-likeness (QED) is 0.810. The van der Waals surface area contributed by atoms with Crippen LogP contribution in [0.15, 0.2) is 0 Å². The zero-order chi connectivity index (χ0) is 13.0. The summed E-state index contributed by atoms with van der Waals surface area (Å²) in [5.74, 6) is 0.921. The number of nitrogens with one attached hydrogen (secondary N) is 2. The molecule has 2 rings (SSSR count). The Hall–Kier alpha value is -0.570.